The SMILES string of the molecule is O=C1CCCC[C@@H]1Sc1nc2ccccc2o1. The van der Waals surface area contributed by atoms with E-state index in [2.05, 4.69) is 4.98 Å². The summed E-state index contributed by atoms with van der Waals surface area (Å²) >= 11 is 1.47. The fourth-order valence-corrected chi connectivity index (χ4v) is 3.16. The van der Waals surface area contributed by atoms with E-state index in [4.69, 9.17) is 4.42 Å². The topological polar surface area (TPSA) is 43.1 Å². The molecule has 0 N–H and O–H groups in total. The molecule has 0 unspecified atom stereocenters. The third-order valence-electron chi connectivity index (χ3n) is 3.02. The first-order valence-corrected chi connectivity index (χ1v) is 6.76. The van der Waals surface area contributed by atoms with Crippen molar-refractivity contribution in [3.63, 3.8) is 0 Å². The molecule has 0 spiro atoms. The van der Waals surface area contributed by atoms with E-state index in [1.54, 1.807) is 0 Å². The number of hydrogen-bond acceptors (Lipinski definition) is 4. The Morgan fingerprint density at radius 3 is 3.00 bits per heavy atom. The van der Waals surface area contributed by atoms with Crippen LogP contribution in [0.3, 0.4) is 0 Å². The number of ketones is 1. The van der Waals surface area contributed by atoms with Gasteiger partial charge in [0.25, 0.3) is 5.22 Å². The zero-order valence-corrected chi connectivity index (χ0v) is 10.2. The van der Waals surface area contributed by atoms with Gasteiger partial charge in [-0.2, -0.15) is 0 Å². The summed E-state index contributed by atoms with van der Waals surface area (Å²) in [6.45, 7) is 0. The molecular formula is C13H13NO2S. The smallest absolute Gasteiger partial charge is 0.257 e. The second kappa shape index (κ2) is 4.53. The van der Waals surface area contributed by atoms with Crippen LogP contribution < -0.4 is 0 Å². The predicted octanol–water partition coefficient (Wildman–Crippen LogP) is 3.43. The number of nitrogens with zero attached hydrogens (tertiary/aromatic N) is 1. The van der Waals surface area contributed by atoms with Gasteiger partial charge in [0.05, 0.1) is 5.25 Å². The molecule has 1 aliphatic carbocycles. The third kappa shape index (κ3) is 2.22. The van der Waals surface area contributed by atoms with Gasteiger partial charge < -0.3 is 4.42 Å². The van der Waals surface area contributed by atoms with Crippen molar-refractivity contribution < 1.29 is 9.21 Å². The second-order valence-corrected chi connectivity index (χ2v) is 5.42. The zero-order valence-electron chi connectivity index (χ0n) is 9.39. The van der Waals surface area contributed by atoms with Gasteiger partial charge in [-0.1, -0.05) is 30.3 Å². The highest BCUT2D eigenvalue weighted by atomic mass is 32.2. The predicted molar refractivity (Wildman–Crippen MR) is 67.1 cm³/mol. The van der Waals surface area contributed by atoms with Crippen LogP contribution in [0.4, 0.5) is 0 Å². The van der Waals surface area contributed by atoms with Crippen LogP contribution in [0.5, 0.6) is 0 Å². The Bertz CT molecular complexity index is 516. The van der Waals surface area contributed by atoms with Crippen molar-refractivity contribution in [3.05, 3.63) is 24.3 Å². The van der Waals surface area contributed by atoms with Crippen LogP contribution in [0.1, 0.15) is 25.7 Å². The van der Waals surface area contributed by atoms with Crippen molar-refractivity contribution in [1.82, 2.24) is 4.98 Å². The third-order valence-corrected chi connectivity index (χ3v) is 4.18. The van der Waals surface area contributed by atoms with Gasteiger partial charge >= 0.3 is 0 Å². The minimum absolute atomic E-state index is 0.0387. The van der Waals surface area contributed by atoms with Gasteiger partial charge in [0.1, 0.15) is 11.3 Å². The minimum Gasteiger partial charge on any atom is -0.431 e. The molecule has 1 aromatic carbocycles. The van der Waals surface area contributed by atoms with Gasteiger partial charge in [-0.3, -0.25) is 4.79 Å². The van der Waals surface area contributed by atoms with E-state index in [0.717, 1.165) is 30.4 Å². The molecule has 17 heavy (non-hydrogen) atoms. The summed E-state index contributed by atoms with van der Waals surface area (Å²) in [6.07, 6.45) is 3.81. The Balaban J connectivity index is 1.82. The van der Waals surface area contributed by atoms with E-state index in [-0.39, 0.29) is 5.25 Å². The van der Waals surface area contributed by atoms with Crippen LogP contribution in [0.2, 0.25) is 0 Å². The van der Waals surface area contributed by atoms with Crippen molar-refractivity contribution in [2.45, 2.75) is 36.2 Å². The Kier molecular flexibility index (Phi) is 2.89. The number of carbonyl (C=O) groups is 1. The molecule has 0 aliphatic heterocycles. The number of thioether (sulfide) groups is 1. The number of carbonyl (C=O) groups excluding carboxylic acids is 1. The van der Waals surface area contributed by atoms with Gasteiger partial charge in [0.15, 0.2) is 5.58 Å². The zero-order chi connectivity index (χ0) is 11.7. The fraction of sp³-hybridized carbons (Fsp3) is 0.385. The summed E-state index contributed by atoms with van der Waals surface area (Å²) in [6, 6.07) is 7.68. The molecule has 88 valence electrons. The van der Waals surface area contributed by atoms with E-state index in [9.17, 15) is 4.79 Å². The maximum absolute atomic E-state index is 11.7. The van der Waals surface area contributed by atoms with Crippen molar-refractivity contribution in [3.8, 4) is 0 Å². The van der Waals surface area contributed by atoms with Gasteiger partial charge in [-0.15, -0.1) is 0 Å². The molecule has 1 heterocycles. The molecule has 0 saturated heterocycles. The lowest BCUT2D eigenvalue weighted by Gasteiger charge is -2.17. The van der Waals surface area contributed by atoms with Crippen molar-refractivity contribution >= 4 is 28.6 Å². The Morgan fingerprint density at radius 1 is 1.29 bits per heavy atom. The normalized spacial score (nSPS) is 20.9. The average Bonchev–Trinajstić information content (AvgIpc) is 2.74. The van der Waals surface area contributed by atoms with Gasteiger partial charge in [0, 0.05) is 6.42 Å². The molecule has 1 aliphatic rings. The molecule has 4 heteroatoms. The molecular weight excluding hydrogens is 234 g/mol. The van der Waals surface area contributed by atoms with Crippen LogP contribution in [0, 0.1) is 0 Å². The van der Waals surface area contributed by atoms with E-state index in [0.29, 0.717) is 17.4 Å². The van der Waals surface area contributed by atoms with Gasteiger partial charge in [0.2, 0.25) is 0 Å². The number of hydrogen-bond donors (Lipinski definition) is 0. The summed E-state index contributed by atoms with van der Waals surface area (Å²) in [5, 5.41) is 0.656. The van der Waals surface area contributed by atoms with E-state index >= 15 is 0 Å². The molecule has 0 amide bonds. The molecule has 1 saturated carbocycles. The Hall–Kier alpha value is -1.29. The van der Waals surface area contributed by atoms with Crippen LogP contribution in [-0.4, -0.2) is 16.0 Å². The standard InChI is InChI=1S/C13H13NO2S/c15-10-6-2-4-8-12(10)17-13-14-9-5-1-3-7-11(9)16-13/h1,3,5,7,12H,2,4,6,8H2/t12-/m0/s1. The van der Waals surface area contributed by atoms with Crippen LogP contribution in [0.25, 0.3) is 11.1 Å². The van der Waals surface area contributed by atoms with Crippen molar-refractivity contribution in [2.24, 2.45) is 0 Å². The monoisotopic (exact) mass is 247 g/mol. The Morgan fingerprint density at radius 2 is 2.18 bits per heavy atom. The van der Waals surface area contributed by atoms with E-state index in [1.165, 1.54) is 11.8 Å². The summed E-state index contributed by atoms with van der Waals surface area (Å²) < 4.78 is 5.62. The van der Waals surface area contributed by atoms with Gasteiger partial charge in [-0.05, 0) is 25.0 Å². The van der Waals surface area contributed by atoms with Crippen molar-refractivity contribution in [1.29, 1.82) is 0 Å². The lowest BCUT2D eigenvalue weighted by molar-refractivity contribution is -0.119. The van der Waals surface area contributed by atoms with E-state index < -0.39 is 0 Å². The number of fused-ring (bicyclic) bond motifs is 1. The maximum atomic E-state index is 11.7. The average molecular weight is 247 g/mol. The minimum atomic E-state index is 0.0387. The molecule has 3 rings (SSSR count). The highest BCUT2D eigenvalue weighted by molar-refractivity contribution is 8.00. The fourth-order valence-electron chi connectivity index (χ4n) is 2.10. The molecule has 0 radical (unpaired) electrons. The quantitative estimate of drug-likeness (QED) is 0.815. The lowest BCUT2D eigenvalue weighted by Crippen LogP contribution is -2.21. The van der Waals surface area contributed by atoms with Crippen LogP contribution >= 0.6 is 11.8 Å². The molecule has 3 nitrogen and oxygen atoms in total. The molecule has 1 fully saturated rings. The molecule has 2 aromatic rings. The first-order valence-electron chi connectivity index (χ1n) is 5.88. The van der Waals surface area contributed by atoms with Crippen LogP contribution in [-0.2, 0) is 4.79 Å². The summed E-state index contributed by atoms with van der Waals surface area (Å²) in [7, 11) is 0. The Labute approximate surface area is 104 Å². The number of Topliss-reactive ketones (excluding diaryl/α,β-unsaturated/α-hetero) is 1. The maximum Gasteiger partial charge on any atom is 0.257 e. The number of rotatable bonds is 2. The molecule has 0 bridgehead atoms. The second-order valence-electron chi connectivity index (χ2n) is 4.27. The first kappa shape index (κ1) is 10.8. The molecule has 1 atom stereocenters. The van der Waals surface area contributed by atoms with E-state index in [1.807, 2.05) is 24.3 Å². The largest absolute Gasteiger partial charge is 0.431 e. The highest BCUT2D eigenvalue weighted by Gasteiger charge is 2.25. The van der Waals surface area contributed by atoms with Crippen molar-refractivity contribution in [2.75, 3.05) is 0 Å². The van der Waals surface area contributed by atoms with Crippen LogP contribution in [0.15, 0.2) is 33.9 Å². The first-order chi connectivity index (χ1) is 8.33. The highest BCUT2D eigenvalue weighted by Crippen LogP contribution is 2.32. The lowest BCUT2D eigenvalue weighted by atomic mass is 9.99. The summed E-state index contributed by atoms with van der Waals surface area (Å²) in [4.78, 5) is 16.1. The van der Waals surface area contributed by atoms with Gasteiger partial charge in [-0.25, -0.2) is 4.98 Å². The molecule has 1 aromatic heterocycles. The number of benzene rings is 1. The number of oxazole rings is 1. The summed E-state index contributed by atoms with van der Waals surface area (Å²) in [5.74, 6) is 0.337. The number of aromatic nitrogens is 1. The summed E-state index contributed by atoms with van der Waals surface area (Å²) in [5.41, 5.74) is 1.65. The number of para-hydroxylation sites is 2.